The Bertz CT molecular complexity index is 928. The molecule has 0 fully saturated rings. The van der Waals surface area contributed by atoms with Gasteiger partial charge in [0.2, 0.25) is 10.0 Å². The summed E-state index contributed by atoms with van der Waals surface area (Å²) in [5.41, 5.74) is 3.37. The van der Waals surface area contributed by atoms with Gasteiger partial charge in [0.05, 0.1) is 4.90 Å². The van der Waals surface area contributed by atoms with E-state index < -0.39 is 10.0 Å². The minimum Gasteiger partial charge on any atom is -0.441 e. The molecule has 5 nitrogen and oxygen atoms in total. The molecule has 0 saturated carbocycles. The maximum atomic E-state index is 12.3. The fraction of sp³-hybridized carbons (Fsp3) is 0.235. The van der Waals surface area contributed by atoms with Gasteiger partial charge in [-0.15, -0.1) is 0 Å². The van der Waals surface area contributed by atoms with Crippen molar-refractivity contribution in [2.75, 3.05) is 0 Å². The molecule has 0 aliphatic carbocycles. The first kappa shape index (κ1) is 15.7. The largest absolute Gasteiger partial charge is 0.441 e. The first-order chi connectivity index (χ1) is 11.0. The normalized spacial score (nSPS) is 11.9. The van der Waals surface area contributed by atoms with Gasteiger partial charge in [-0.1, -0.05) is 25.1 Å². The number of nitrogens with zero attached hydrogens (tertiary/aromatic N) is 1. The molecule has 0 atom stereocenters. The van der Waals surface area contributed by atoms with E-state index in [1.165, 1.54) is 0 Å². The molecule has 2 aromatic carbocycles. The van der Waals surface area contributed by atoms with Crippen LogP contribution in [0.4, 0.5) is 0 Å². The molecule has 0 spiro atoms. The number of sulfonamides is 1. The van der Waals surface area contributed by atoms with Crippen LogP contribution < -0.4 is 4.72 Å². The Morgan fingerprint density at radius 3 is 2.48 bits per heavy atom. The number of rotatable bonds is 5. The number of hydrogen-bond donors (Lipinski definition) is 1. The highest BCUT2D eigenvalue weighted by atomic mass is 32.2. The molecule has 6 heteroatoms. The Kier molecular flexibility index (Phi) is 4.19. The lowest BCUT2D eigenvalue weighted by atomic mass is 10.2. The lowest BCUT2D eigenvalue weighted by Crippen LogP contribution is -2.23. The molecular weight excluding hydrogens is 312 g/mol. The highest BCUT2D eigenvalue weighted by Gasteiger charge is 2.13. The maximum Gasteiger partial charge on any atom is 0.240 e. The van der Waals surface area contributed by atoms with Gasteiger partial charge in [0.15, 0.2) is 11.5 Å². The van der Waals surface area contributed by atoms with Crippen LogP contribution in [0.5, 0.6) is 0 Å². The number of oxazole rings is 1. The zero-order chi connectivity index (χ0) is 16.4. The average Bonchev–Trinajstić information content (AvgIpc) is 2.92. The van der Waals surface area contributed by atoms with Crippen molar-refractivity contribution in [3.05, 3.63) is 59.5 Å². The highest BCUT2D eigenvalue weighted by Crippen LogP contribution is 2.17. The van der Waals surface area contributed by atoms with Crippen LogP contribution in [0, 0.1) is 6.92 Å². The third-order valence-corrected chi connectivity index (χ3v) is 5.08. The maximum absolute atomic E-state index is 12.3. The monoisotopic (exact) mass is 330 g/mol. The van der Waals surface area contributed by atoms with Gasteiger partial charge in [-0.3, -0.25) is 0 Å². The molecule has 0 amide bonds. The van der Waals surface area contributed by atoms with Crippen molar-refractivity contribution in [1.82, 2.24) is 9.71 Å². The Balaban J connectivity index is 1.76. The zero-order valence-electron chi connectivity index (χ0n) is 13.0. The van der Waals surface area contributed by atoms with Crippen molar-refractivity contribution in [2.24, 2.45) is 0 Å². The quantitative estimate of drug-likeness (QED) is 0.780. The van der Waals surface area contributed by atoms with Gasteiger partial charge >= 0.3 is 0 Å². The van der Waals surface area contributed by atoms with E-state index in [0.717, 1.165) is 23.1 Å². The van der Waals surface area contributed by atoms with Crippen molar-refractivity contribution in [3.63, 3.8) is 0 Å². The SMILES string of the molecule is CCc1ccc(S(=O)(=O)NCc2ccc3oc(C)nc3c2)cc1. The Hall–Kier alpha value is -2.18. The summed E-state index contributed by atoms with van der Waals surface area (Å²) in [6.07, 6.45) is 0.880. The Morgan fingerprint density at radius 1 is 1.09 bits per heavy atom. The summed E-state index contributed by atoms with van der Waals surface area (Å²) in [6, 6.07) is 12.4. The minimum absolute atomic E-state index is 0.208. The fourth-order valence-electron chi connectivity index (χ4n) is 2.36. The first-order valence-corrected chi connectivity index (χ1v) is 8.91. The summed E-state index contributed by atoms with van der Waals surface area (Å²) < 4.78 is 32.7. The van der Waals surface area contributed by atoms with Crippen molar-refractivity contribution in [3.8, 4) is 0 Å². The van der Waals surface area contributed by atoms with Crippen LogP contribution in [-0.2, 0) is 23.0 Å². The first-order valence-electron chi connectivity index (χ1n) is 7.42. The van der Waals surface area contributed by atoms with E-state index in [-0.39, 0.29) is 11.4 Å². The lowest BCUT2D eigenvalue weighted by Gasteiger charge is -2.07. The van der Waals surface area contributed by atoms with Crippen LogP contribution in [0.2, 0.25) is 0 Å². The summed E-state index contributed by atoms with van der Waals surface area (Å²) >= 11 is 0. The van der Waals surface area contributed by atoms with Gasteiger partial charge in [0.25, 0.3) is 0 Å². The molecule has 0 radical (unpaired) electrons. The second kappa shape index (κ2) is 6.14. The molecular formula is C17H18N2O3S. The van der Waals surface area contributed by atoms with E-state index in [0.29, 0.717) is 11.5 Å². The lowest BCUT2D eigenvalue weighted by molar-refractivity contribution is 0.561. The molecule has 120 valence electrons. The van der Waals surface area contributed by atoms with Crippen molar-refractivity contribution >= 4 is 21.1 Å². The Labute approximate surface area is 135 Å². The van der Waals surface area contributed by atoms with Crippen molar-refractivity contribution < 1.29 is 12.8 Å². The molecule has 1 heterocycles. The minimum atomic E-state index is -3.53. The van der Waals surface area contributed by atoms with Crippen molar-refractivity contribution in [1.29, 1.82) is 0 Å². The summed E-state index contributed by atoms with van der Waals surface area (Å²) in [5, 5.41) is 0. The van der Waals surface area contributed by atoms with Crippen LogP contribution in [-0.4, -0.2) is 13.4 Å². The molecule has 23 heavy (non-hydrogen) atoms. The third kappa shape index (κ3) is 3.43. The summed E-state index contributed by atoms with van der Waals surface area (Å²) in [4.78, 5) is 4.52. The van der Waals surface area contributed by atoms with E-state index in [1.807, 2.05) is 31.2 Å². The van der Waals surface area contributed by atoms with Gasteiger partial charge in [0.1, 0.15) is 5.52 Å². The van der Waals surface area contributed by atoms with E-state index in [4.69, 9.17) is 4.42 Å². The molecule has 1 aromatic heterocycles. The second-order valence-corrected chi connectivity index (χ2v) is 7.12. The van der Waals surface area contributed by atoms with Crippen molar-refractivity contribution in [2.45, 2.75) is 31.7 Å². The Morgan fingerprint density at radius 2 is 1.78 bits per heavy atom. The molecule has 3 aromatic rings. The van der Waals surface area contributed by atoms with Gasteiger partial charge in [-0.25, -0.2) is 18.1 Å². The van der Waals surface area contributed by atoms with Crippen LogP contribution in [0.3, 0.4) is 0 Å². The standard InChI is InChI=1S/C17H18N2O3S/c1-3-13-4-7-15(8-5-13)23(20,21)18-11-14-6-9-17-16(10-14)19-12(2)22-17/h4-10,18H,3,11H2,1-2H3. The third-order valence-electron chi connectivity index (χ3n) is 3.67. The van der Waals surface area contributed by atoms with Crippen LogP contribution >= 0.6 is 0 Å². The van der Waals surface area contributed by atoms with Gasteiger partial charge in [-0.2, -0.15) is 0 Å². The van der Waals surface area contributed by atoms with Gasteiger partial charge in [-0.05, 0) is 41.8 Å². The van der Waals surface area contributed by atoms with E-state index >= 15 is 0 Å². The molecule has 0 unspecified atom stereocenters. The number of fused-ring (bicyclic) bond motifs is 1. The molecule has 3 rings (SSSR count). The van der Waals surface area contributed by atoms with Gasteiger partial charge < -0.3 is 4.42 Å². The molecule has 0 saturated heterocycles. The van der Waals surface area contributed by atoms with Gasteiger partial charge in [0, 0.05) is 13.5 Å². The summed E-state index contributed by atoms with van der Waals surface area (Å²) in [5.74, 6) is 0.591. The number of nitrogens with one attached hydrogen (secondary N) is 1. The molecule has 0 bridgehead atoms. The molecule has 0 aliphatic rings. The number of hydrogen-bond acceptors (Lipinski definition) is 4. The number of benzene rings is 2. The smallest absolute Gasteiger partial charge is 0.240 e. The van der Waals surface area contributed by atoms with E-state index in [1.54, 1.807) is 25.1 Å². The summed E-state index contributed by atoms with van der Waals surface area (Å²) in [7, 11) is -3.53. The topological polar surface area (TPSA) is 72.2 Å². The van der Waals surface area contributed by atoms with Crippen LogP contribution in [0.25, 0.3) is 11.1 Å². The number of aromatic nitrogens is 1. The molecule has 1 N–H and O–H groups in total. The average molecular weight is 330 g/mol. The van der Waals surface area contributed by atoms with Crippen LogP contribution in [0.15, 0.2) is 51.8 Å². The predicted octanol–water partition coefficient (Wildman–Crippen LogP) is 3.18. The fourth-order valence-corrected chi connectivity index (χ4v) is 3.38. The van der Waals surface area contributed by atoms with E-state index in [2.05, 4.69) is 9.71 Å². The van der Waals surface area contributed by atoms with Crippen LogP contribution in [0.1, 0.15) is 23.9 Å². The van der Waals surface area contributed by atoms with E-state index in [9.17, 15) is 8.42 Å². The number of aryl methyl sites for hydroxylation is 2. The summed E-state index contributed by atoms with van der Waals surface area (Å²) in [6.45, 7) is 4.02. The molecule has 0 aliphatic heterocycles. The zero-order valence-corrected chi connectivity index (χ0v) is 13.9. The highest BCUT2D eigenvalue weighted by molar-refractivity contribution is 7.89. The predicted molar refractivity (Wildman–Crippen MR) is 88.6 cm³/mol. The second-order valence-electron chi connectivity index (χ2n) is 5.36.